The molecule has 3 rings (SSSR count). The van der Waals surface area contributed by atoms with Gasteiger partial charge in [-0.05, 0) is 18.2 Å². The second kappa shape index (κ2) is 4.86. The monoisotopic (exact) mass is 289 g/mol. The van der Waals surface area contributed by atoms with E-state index in [1.54, 1.807) is 18.2 Å². The second-order valence-corrected chi connectivity index (χ2v) is 4.19. The molecule has 0 atom stereocenters. The number of ether oxygens (including phenoxy) is 4. The number of fused-ring (bicyclic) bond motifs is 2. The number of hydrogen-bond acceptors (Lipinski definition) is 6. The van der Waals surface area contributed by atoms with Crippen molar-refractivity contribution >= 4 is 5.69 Å². The van der Waals surface area contributed by atoms with E-state index in [-0.39, 0.29) is 17.2 Å². The predicted octanol–water partition coefficient (Wildman–Crippen LogP) is 3.51. The van der Waals surface area contributed by atoms with Gasteiger partial charge in [0, 0.05) is 6.07 Å². The molecule has 0 fully saturated rings. The van der Waals surface area contributed by atoms with Crippen molar-refractivity contribution in [3.63, 3.8) is 0 Å². The lowest BCUT2D eigenvalue weighted by molar-refractivity contribution is -0.385. The van der Waals surface area contributed by atoms with Crippen molar-refractivity contribution in [1.82, 2.24) is 0 Å². The molecule has 1 heterocycles. The van der Waals surface area contributed by atoms with Crippen LogP contribution >= 0.6 is 0 Å². The van der Waals surface area contributed by atoms with Gasteiger partial charge in [-0.3, -0.25) is 10.1 Å². The molecule has 0 spiro atoms. The van der Waals surface area contributed by atoms with Crippen LogP contribution in [0.3, 0.4) is 0 Å². The van der Waals surface area contributed by atoms with Gasteiger partial charge in [0.1, 0.15) is 0 Å². The summed E-state index contributed by atoms with van der Waals surface area (Å²) in [5.74, 6) is 1.65. The zero-order valence-corrected chi connectivity index (χ0v) is 11.3. The largest absolute Gasteiger partial charge is 0.493 e. The lowest BCUT2D eigenvalue weighted by Crippen LogP contribution is -2.05. The summed E-state index contributed by atoms with van der Waals surface area (Å²) >= 11 is 0. The van der Waals surface area contributed by atoms with Gasteiger partial charge in [0.05, 0.1) is 19.1 Å². The normalized spacial score (nSPS) is 11.5. The third-order valence-corrected chi connectivity index (χ3v) is 3.05. The molecule has 0 saturated carbocycles. The Morgan fingerprint density at radius 2 is 1.67 bits per heavy atom. The lowest BCUT2D eigenvalue weighted by Gasteiger charge is -2.23. The standard InChI is InChI=1S/C14H11NO6/c1-18-9-4-3-5-11-13(9)21-12-8(15(16)17)6-7-10(19-2)14(12)20-11/h3-7H,1-2H3. The zero-order chi connectivity index (χ0) is 15.0. The Balaban J connectivity index is 2.20. The Labute approximate surface area is 119 Å². The Hall–Kier alpha value is -2.96. The zero-order valence-electron chi connectivity index (χ0n) is 11.3. The first-order valence-electron chi connectivity index (χ1n) is 6.03. The maximum atomic E-state index is 11.1. The number of benzene rings is 2. The minimum atomic E-state index is -0.540. The Morgan fingerprint density at radius 3 is 2.33 bits per heavy atom. The average Bonchev–Trinajstić information content (AvgIpc) is 2.51. The fourth-order valence-corrected chi connectivity index (χ4v) is 2.08. The number of methoxy groups -OCH3 is 2. The van der Waals surface area contributed by atoms with Gasteiger partial charge in [0.2, 0.25) is 11.5 Å². The summed E-state index contributed by atoms with van der Waals surface area (Å²) < 4.78 is 21.7. The molecule has 0 aliphatic carbocycles. The summed E-state index contributed by atoms with van der Waals surface area (Å²) in [4.78, 5) is 10.6. The minimum Gasteiger partial charge on any atom is -0.493 e. The van der Waals surface area contributed by atoms with E-state index < -0.39 is 4.92 Å². The number of rotatable bonds is 3. The van der Waals surface area contributed by atoms with E-state index >= 15 is 0 Å². The van der Waals surface area contributed by atoms with Crippen molar-refractivity contribution in [2.75, 3.05) is 14.2 Å². The first kappa shape index (κ1) is 13.0. The van der Waals surface area contributed by atoms with Crippen LogP contribution in [-0.2, 0) is 0 Å². The number of nitro groups is 1. The molecule has 2 aromatic rings. The molecule has 7 nitrogen and oxygen atoms in total. The van der Waals surface area contributed by atoms with Crippen LogP contribution < -0.4 is 18.9 Å². The van der Waals surface area contributed by atoms with Crippen molar-refractivity contribution in [3.05, 3.63) is 40.4 Å². The first-order chi connectivity index (χ1) is 10.2. The number of hydrogen-bond donors (Lipinski definition) is 0. The number of nitrogens with zero attached hydrogens (tertiary/aromatic N) is 1. The number of para-hydroxylation sites is 1. The molecule has 21 heavy (non-hydrogen) atoms. The first-order valence-corrected chi connectivity index (χ1v) is 6.03. The molecule has 1 aliphatic heterocycles. The van der Waals surface area contributed by atoms with Crippen LogP contribution in [0.25, 0.3) is 0 Å². The molecule has 1 aliphatic rings. The van der Waals surface area contributed by atoms with Gasteiger partial charge in [-0.1, -0.05) is 6.07 Å². The van der Waals surface area contributed by atoms with Gasteiger partial charge in [0.25, 0.3) is 5.75 Å². The van der Waals surface area contributed by atoms with Crippen molar-refractivity contribution in [3.8, 4) is 34.5 Å². The second-order valence-electron chi connectivity index (χ2n) is 4.19. The summed E-state index contributed by atoms with van der Waals surface area (Å²) in [7, 11) is 2.93. The Kier molecular flexibility index (Phi) is 3.02. The Bertz CT molecular complexity index is 728. The highest BCUT2D eigenvalue weighted by Gasteiger charge is 2.32. The van der Waals surface area contributed by atoms with Crippen molar-refractivity contribution in [2.45, 2.75) is 0 Å². The molecule has 0 amide bonds. The molecular weight excluding hydrogens is 278 g/mol. The van der Waals surface area contributed by atoms with E-state index in [1.807, 2.05) is 0 Å². The molecule has 0 radical (unpaired) electrons. The number of nitro benzene ring substituents is 1. The van der Waals surface area contributed by atoms with Crippen LogP contribution in [0, 0.1) is 10.1 Å². The molecule has 0 unspecified atom stereocenters. The quantitative estimate of drug-likeness (QED) is 0.542. The molecule has 2 aromatic carbocycles. The summed E-state index contributed by atoms with van der Waals surface area (Å²) in [6.45, 7) is 0. The van der Waals surface area contributed by atoms with Gasteiger partial charge in [-0.2, -0.15) is 0 Å². The molecule has 108 valence electrons. The van der Waals surface area contributed by atoms with E-state index in [2.05, 4.69) is 0 Å². The summed E-state index contributed by atoms with van der Waals surface area (Å²) in [5.41, 5.74) is -0.206. The molecule has 0 saturated heterocycles. The highest BCUT2D eigenvalue weighted by molar-refractivity contribution is 5.69. The maximum Gasteiger partial charge on any atom is 0.315 e. The molecular formula is C14H11NO6. The Morgan fingerprint density at radius 1 is 0.952 bits per heavy atom. The van der Waals surface area contributed by atoms with E-state index in [9.17, 15) is 10.1 Å². The van der Waals surface area contributed by atoms with Crippen LogP contribution in [-0.4, -0.2) is 19.1 Å². The van der Waals surface area contributed by atoms with Gasteiger partial charge >= 0.3 is 5.69 Å². The van der Waals surface area contributed by atoms with Crippen molar-refractivity contribution < 1.29 is 23.9 Å². The van der Waals surface area contributed by atoms with E-state index in [4.69, 9.17) is 18.9 Å². The summed E-state index contributed by atoms with van der Waals surface area (Å²) in [6, 6.07) is 7.86. The van der Waals surface area contributed by atoms with Crippen LogP contribution in [0.2, 0.25) is 0 Å². The fraction of sp³-hybridized carbons (Fsp3) is 0.143. The van der Waals surface area contributed by atoms with Crippen molar-refractivity contribution in [1.29, 1.82) is 0 Å². The highest BCUT2D eigenvalue weighted by Crippen LogP contribution is 2.55. The lowest BCUT2D eigenvalue weighted by atomic mass is 10.2. The van der Waals surface area contributed by atoms with Crippen LogP contribution in [0.15, 0.2) is 30.3 Å². The topological polar surface area (TPSA) is 80.1 Å². The van der Waals surface area contributed by atoms with E-state index in [1.165, 1.54) is 26.4 Å². The third-order valence-electron chi connectivity index (χ3n) is 3.05. The van der Waals surface area contributed by atoms with Crippen molar-refractivity contribution in [2.24, 2.45) is 0 Å². The smallest absolute Gasteiger partial charge is 0.315 e. The highest BCUT2D eigenvalue weighted by atomic mass is 16.6. The minimum absolute atomic E-state index is 0.00338. The molecule has 7 heteroatoms. The van der Waals surface area contributed by atoms with E-state index in [0.717, 1.165) is 0 Å². The van der Waals surface area contributed by atoms with Crippen LogP contribution in [0.5, 0.6) is 34.5 Å². The maximum absolute atomic E-state index is 11.1. The van der Waals surface area contributed by atoms with Crippen LogP contribution in [0.1, 0.15) is 0 Å². The third kappa shape index (κ3) is 1.99. The van der Waals surface area contributed by atoms with E-state index in [0.29, 0.717) is 23.0 Å². The van der Waals surface area contributed by atoms with Gasteiger partial charge in [0.15, 0.2) is 17.2 Å². The molecule has 0 N–H and O–H groups in total. The van der Waals surface area contributed by atoms with Crippen LogP contribution in [0.4, 0.5) is 5.69 Å². The van der Waals surface area contributed by atoms with Gasteiger partial charge in [-0.25, -0.2) is 0 Å². The molecule has 0 aromatic heterocycles. The molecule has 0 bridgehead atoms. The average molecular weight is 289 g/mol. The summed E-state index contributed by atoms with van der Waals surface area (Å²) in [6.07, 6.45) is 0. The predicted molar refractivity (Wildman–Crippen MR) is 72.8 cm³/mol. The SMILES string of the molecule is COc1cccc2c1Oc1c([N+](=O)[O-])ccc(OC)c1O2. The fourth-order valence-electron chi connectivity index (χ4n) is 2.08. The van der Waals surface area contributed by atoms with Gasteiger partial charge in [-0.15, -0.1) is 0 Å². The summed E-state index contributed by atoms with van der Waals surface area (Å²) in [5, 5.41) is 11.1. The van der Waals surface area contributed by atoms with Gasteiger partial charge < -0.3 is 18.9 Å².